The third kappa shape index (κ3) is 4.37. The zero-order chi connectivity index (χ0) is 15.4. The van der Waals surface area contributed by atoms with Gasteiger partial charge >= 0.3 is 6.09 Å². The fourth-order valence-corrected chi connectivity index (χ4v) is 2.95. The Morgan fingerprint density at radius 1 is 1.35 bits per heavy atom. The molecule has 4 nitrogen and oxygen atoms in total. The van der Waals surface area contributed by atoms with Crippen LogP contribution >= 0.6 is 0 Å². The molecule has 0 aromatic rings. The van der Waals surface area contributed by atoms with E-state index in [4.69, 9.17) is 10.5 Å². The number of rotatable bonds is 4. The maximum atomic E-state index is 12.5. The van der Waals surface area contributed by atoms with Crippen molar-refractivity contribution >= 4 is 6.09 Å². The van der Waals surface area contributed by atoms with Gasteiger partial charge in [0.25, 0.3) is 0 Å². The summed E-state index contributed by atoms with van der Waals surface area (Å²) in [5, 5.41) is 0. The predicted molar refractivity (Wildman–Crippen MR) is 82.6 cm³/mol. The molecule has 0 aromatic heterocycles. The van der Waals surface area contributed by atoms with Gasteiger partial charge in [-0.25, -0.2) is 4.79 Å². The van der Waals surface area contributed by atoms with E-state index >= 15 is 0 Å². The monoisotopic (exact) mass is 284 g/mol. The molecular formula is C16H32N2O2. The Balaban J connectivity index is 2.89. The van der Waals surface area contributed by atoms with Crippen molar-refractivity contribution in [3.63, 3.8) is 0 Å². The highest BCUT2D eigenvalue weighted by Crippen LogP contribution is 2.36. The summed E-state index contributed by atoms with van der Waals surface area (Å²) in [4.78, 5) is 14.4. The molecule has 1 aliphatic carbocycles. The Kier molecular flexibility index (Phi) is 5.87. The van der Waals surface area contributed by atoms with Crippen molar-refractivity contribution in [3.8, 4) is 0 Å². The van der Waals surface area contributed by atoms with Crippen LogP contribution in [0.1, 0.15) is 66.7 Å². The summed E-state index contributed by atoms with van der Waals surface area (Å²) >= 11 is 0. The van der Waals surface area contributed by atoms with Gasteiger partial charge in [0.2, 0.25) is 0 Å². The molecule has 0 saturated heterocycles. The molecule has 1 fully saturated rings. The van der Waals surface area contributed by atoms with Crippen molar-refractivity contribution in [2.75, 3.05) is 13.1 Å². The summed E-state index contributed by atoms with van der Waals surface area (Å²) < 4.78 is 5.59. The van der Waals surface area contributed by atoms with Gasteiger partial charge in [-0.15, -0.1) is 0 Å². The minimum Gasteiger partial charge on any atom is -0.444 e. The maximum absolute atomic E-state index is 12.5. The number of nitrogens with zero attached hydrogens (tertiary/aromatic N) is 1. The number of nitrogens with two attached hydrogens (primary N) is 1. The minimum atomic E-state index is -0.458. The van der Waals surface area contributed by atoms with E-state index in [1.165, 1.54) is 0 Å². The van der Waals surface area contributed by atoms with Crippen molar-refractivity contribution in [2.24, 2.45) is 11.7 Å². The van der Waals surface area contributed by atoms with Crippen LogP contribution in [0.4, 0.5) is 4.79 Å². The number of hydrogen-bond donors (Lipinski definition) is 1. The van der Waals surface area contributed by atoms with Gasteiger partial charge in [-0.2, -0.15) is 0 Å². The van der Waals surface area contributed by atoms with Crippen LogP contribution in [0.5, 0.6) is 0 Å². The van der Waals surface area contributed by atoms with Crippen molar-refractivity contribution in [1.29, 1.82) is 0 Å². The summed E-state index contributed by atoms with van der Waals surface area (Å²) in [5.41, 5.74) is 5.41. The number of ether oxygens (including phenoxy) is 1. The lowest BCUT2D eigenvalue weighted by Crippen LogP contribution is -2.58. The second kappa shape index (κ2) is 6.79. The number of carbonyl (C=O) groups is 1. The SMILES string of the molecule is CCCN(C(=O)OC(C)(C)C)C1(CN)CCC(C)CC1. The van der Waals surface area contributed by atoms with Gasteiger partial charge in [-0.05, 0) is 58.8 Å². The summed E-state index contributed by atoms with van der Waals surface area (Å²) in [6, 6.07) is 0. The van der Waals surface area contributed by atoms with E-state index < -0.39 is 5.60 Å². The molecule has 0 spiro atoms. The van der Waals surface area contributed by atoms with Gasteiger partial charge in [-0.3, -0.25) is 0 Å². The van der Waals surface area contributed by atoms with Gasteiger partial charge in [0, 0.05) is 13.1 Å². The first-order valence-electron chi connectivity index (χ1n) is 7.95. The Labute approximate surface area is 124 Å². The lowest BCUT2D eigenvalue weighted by molar-refractivity contribution is -0.0146. The van der Waals surface area contributed by atoms with Gasteiger partial charge in [0.1, 0.15) is 5.60 Å². The largest absolute Gasteiger partial charge is 0.444 e. The van der Waals surface area contributed by atoms with Crippen LogP contribution in [0.15, 0.2) is 0 Å². The van der Waals surface area contributed by atoms with E-state index in [9.17, 15) is 4.79 Å². The Hall–Kier alpha value is -0.770. The standard InChI is InChI=1S/C16H32N2O2/c1-6-11-18(14(19)20-15(3,4)5)16(12-17)9-7-13(2)8-10-16/h13H,6-12,17H2,1-5H3. The van der Waals surface area contributed by atoms with Crippen LogP contribution in [0.3, 0.4) is 0 Å². The van der Waals surface area contributed by atoms with Crippen LogP contribution in [0.2, 0.25) is 0 Å². The first kappa shape index (κ1) is 17.3. The van der Waals surface area contributed by atoms with Crippen molar-refractivity contribution in [3.05, 3.63) is 0 Å². The van der Waals surface area contributed by atoms with E-state index in [0.717, 1.165) is 44.6 Å². The highest BCUT2D eigenvalue weighted by Gasteiger charge is 2.42. The van der Waals surface area contributed by atoms with Crippen LogP contribution < -0.4 is 5.73 Å². The second-order valence-corrected chi connectivity index (χ2v) is 7.24. The third-order valence-corrected chi connectivity index (χ3v) is 4.22. The topological polar surface area (TPSA) is 55.6 Å². The maximum Gasteiger partial charge on any atom is 0.410 e. The van der Waals surface area contributed by atoms with Gasteiger partial charge in [-0.1, -0.05) is 13.8 Å². The van der Waals surface area contributed by atoms with E-state index in [-0.39, 0.29) is 11.6 Å². The van der Waals surface area contributed by atoms with Gasteiger partial charge in [0.15, 0.2) is 0 Å². The molecule has 0 aliphatic heterocycles. The molecule has 0 atom stereocenters. The van der Waals surface area contributed by atoms with Gasteiger partial charge in [0.05, 0.1) is 5.54 Å². The molecule has 0 aromatic carbocycles. The normalized spacial score (nSPS) is 27.2. The molecule has 0 bridgehead atoms. The molecule has 2 N–H and O–H groups in total. The van der Waals surface area contributed by atoms with Crippen LogP contribution in [-0.4, -0.2) is 35.2 Å². The summed E-state index contributed by atoms with van der Waals surface area (Å²) in [5.74, 6) is 0.733. The molecule has 1 rings (SSSR count). The third-order valence-electron chi connectivity index (χ3n) is 4.22. The first-order valence-corrected chi connectivity index (χ1v) is 7.95. The zero-order valence-electron chi connectivity index (χ0n) is 13.9. The summed E-state index contributed by atoms with van der Waals surface area (Å²) in [6.45, 7) is 11.3. The lowest BCUT2D eigenvalue weighted by Gasteiger charge is -2.47. The average molecular weight is 284 g/mol. The Morgan fingerprint density at radius 2 is 1.90 bits per heavy atom. The molecule has 1 aliphatic rings. The molecule has 1 saturated carbocycles. The molecule has 4 heteroatoms. The summed E-state index contributed by atoms with van der Waals surface area (Å²) in [6.07, 6.45) is 4.98. The smallest absolute Gasteiger partial charge is 0.410 e. The van der Waals surface area contributed by atoms with E-state index in [1.807, 2.05) is 25.7 Å². The van der Waals surface area contributed by atoms with Crippen molar-refractivity contribution in [2.45, 2.75) is 77.9 Å². The average Bonchev–Trinajstić information content (AvgIpc) is 2.35. The minimum absolute atomic E-state index is 0.204. The van der Waals surface area contributed by atoms with Crippen LogP contribution in [-0.2, 0) is 4.74 Å². The number of amides is 1. The quantitative estimate of drug-likeness (QED) is 0.859. The van der Waals surface area contributed by atoms with Crippen LogP contribution in [0, 0.1) is 5.92 Å². The molecule has 0 unspecified atom stereocenters. The van der Waals surface area contributed by atoms with E-state index in [0.29, 0.717) is 6.54 Å². The molecule has 0 radical (unpaired) electrons. The van der Waals surface area contributed by atoms with Crippen LogP contribution in [0.25, 0.3) is 0 Å². The summed E-state index contributed by atoms with van der Waals surface area (Å²) in [7, 11) is 0. The molecular weight excluding hydrogens is 252 g/mol. The zero-order valence-corrected chi connectivity index (χ0v) is 13.9. The van der Waals surface area contributed by atoms with E-state index in [2.05, 4.69) is 13.8 Å². The molecule has 0 heterocycles. The van der Waals surface area contributed by atoms with Crippen molar-refractivity contribution in [1.82, 2.24) is 4.90 Å². The van der Waals surface area contributed by atoms with E-state index in [1.54, 1.807) is 0 Å². The predicted octanol–water partition coefficient (Wildman–Crippen LogP) is 3.54. The highest BCUT2D eigenvalue weighted by molar-refractivity contribution is 5.69. The molecule has 20 heavy (non-hydrogen) atoms. The van der Waals surface area contributed by atoms with Gasteiger partial charge < -0.3 is 15.4 Å². The highest BCUT2D eigenvalue weighted by atomic mass is 16.6. The lowest BCUT2D eigenvalue weighted by atomic mass is 9.76. The fourth-order valence-electron chi connectivity index (χ4n) is 2.95. The molecule has 1 amide bonds. The second-order valence-electron chi connectivity index (χ2n) is 7.24. The fraction of sp³-hybridized carbons (Fsp3) is 0.938. The number of hydrogen-bond acceptors (Lipinski definition) is 3. The van der Waals surface area contributed by atoms with Crippen molar-refractivity contribution < 1.29 is 9.53 Å². The molecule has 118 valence electrons. The number of carbonyl (C=O) groups excluding carboxylic acids is 1. The first-order chi connectivity index (χ1) is 9.24. The Morgan fingerprint density at radius 3 is 2.30 bits per heavy atom. The Bertz CT molecular complexity index is 315.